The third-order valence-electron chi connectivity index (χ3n) is 2.35. The molecule has 13 heavy (non-hydrogen) atoms. The van der Waals surface area contributed by atoms with Gasteiger partial charge in [0.05, 0.1) is 0 Å². The van der Waals surface area contributed by atoms with Crippen molar-refractivity contribution in [1.29, 1.82) is 0 Å². The molecule has 0 spiro atoms. The molecule has 0 amide bonds. The molecule has 0 saturated carbocycles. The highest BCUT2D eigenvalue weighted by Gasteiger charge is 2.14. The van der Waals surface area contributed by atoms with Gasteiger partial charge < -0.3 is 5.32 Å². The summed E-state index contributed by atoms with van der Waals surface area (Å²) >= 11 is 2.04. The summed E-state index contributed by atoms with van der Waals surface area (Å²) in [7, 11) is 0. The van der Waals surface area contributed by atoms with Crippen LogP contribution in [0.1, 0.15) is 12.0 Å². The molecule has 1 aliphatic rings. The summed E-state index contributed by atoms with van der Waals surface area (Å²) in [6, 6.07) is 9.33. The molecule has 0 bridgehead atoms. The van der Waals surface area contributed by atoms with Gasteiger partial charge in [0, 0.05) is 17.5 Å². The minimum absolute atomic E-state index is 0.688. The molecule has 1 fully saturated rings. The van der Waals surface area contributed by atoms with E-state index in [2.05, 4.69) is 36.5 Å². The normalized spacial score (nSPS) is 21.8. The zero-order valence-corrected chi connectivity index (χ0v) is 8.73. The molecular formula is C11H15NS. The summed E-state index contributed by atoms with van der Waals surface area (Å²) in [6.45, 7) is 2.12. The van der Waals surface area contributed by atoms with Gasteiger partial charge in [0.25, 0.3) is 0 Å². The van der Waals surface area contributed by atoms with Crippen LogP contribution in [-0.2, 0) is 0 Å². The highest BCUT2D eigenvalue weighted by atomic mass is 32.2. The Labute approximate surface area is 83.9 Å². The Hall–Kier alpha value is -0.630. The fourth-order valence-corrected chi connectivity index (χ4v) is 2.69. The number of anilines is 1. The van der Waals surface area contributed by atoms with Gasteiger partial charge in [-0.05, 0) is 31.2 Å². The smallest absolute Gasteiger partial charge is 0.0359 e. The van der Waals surface area contributed by atoms with Crippen molar-refractivity contribution < 1.29 is 0 Å². The van der Waals surface area contributed by atoms with E-state index in [-0.39, 0.29) is 0 Å². The van der Waals surface area contributed by atoms with E-state index in [0.717, 1.165) is 0 Å². The van der Waals surface area contributed by atoms with E-state index in [9.17, 15) is 0 Å². The molecule has 70 valence electrons. The Kier molecular flexibility index (Phi) is 2.79. The highest BCUT2D eigenvalue weighted by Crippen LogP contribution is 2.21. The average Bonchev–Trinajstić information content (AvgIpc) is 2.62. The topological polar surface area (TPSA) is 12.0 Å². The minimum Gasteiger partial charge on any atom is -0.381 e. The number of hydrogen-bond donors (Lipinski definition) is 1. The molecule has 1 aromatic carbocycles. The molecule has 0 unspecified atom stereocenters. The standard InChI is InChI=1S/C11H15NS/c1-9-2-4-10(5-3-9)12-11-6-7-13-8-11/h2-5,11-12H,6-8H2,1H3/t11-/m1/s1. The zero-order chi connectivity index (χ0) is 9.10. The van der Waals surface area contributed by atoms with Crippen molar-refractivity contribution in [1.82, 2.24) is 0 Å². The molecule has 1 N–H and O–H groups in total. The zero-order valence-electron chi connectivity index (χ0n) is 7.92. The maximum absolute atomic E-state index is 3.55. The quantitative estimate of drug-likeness (QED) is 0.775. The van der Waals surface area contributed by atoms with Crippen LogP contribution in [0.2, 0.25) is 0 Å². The molecule has 0 aromatic heterocycles. The summed E-state index contributed by atoms with van der Waals surface area (Å²) in [5.74, 6) is 2.57. The lowest BCUT2D eigenvalue weighted by Gasteiger charge is -2.12. The van der Waals surface area contributed by atoms with Crippen LogP contribution in [0.4, 0.5) is 5.69 Å². The second-order valence-electron chi connectivity index (χ2n) is 3.57. The minimum atomic E-state index is 0.688. The highest BCUT2D eigenvalue weighted by molar-refractivity contribution is 7.99. The number of rotatable bonds is 2. The Bertz CT molecular complexity index is 262. The maximum atomic E-state index is 3.55. The molecule has 1 nitrogen and oxygen atoms in total. The summed E-state index contributed by atoms with van der Waals surface area (Å²) in [4.78, 5) is 0. The van der Waals surface area contributed by atoms with Crippen LogP contribution in [0.5, 0.6) is 0 Å². The summed E-state index contributed by atoms with van der Waals surface area (Å²) in [6.07, 6.45) is 1.30. The number of benzene rings is 1. The van der Waals surface area contributed by atoms with Crippen molar-refractivity contribution in [3.05, 3.63) is 29.8 Å². The number of aryl methyl sites for hydroxylation is 1. The van der Waals surface area contributed by atoms with Crippen LogP contribution in [0.3, 0.4) is 0 Å². The number of thioether (sulfide) groups is 1. The van der Waals surface area contributed by atoms with Gasteiger partial charge in [-0.1, -0.05) is 17.7 Å². The first-order valence-electron chi connectivity index (χ1n) is 4.75. The fraction of sp³-hybridized carbons (Fsp3) is 0.455. The van der Waals surface area contributed by atoms with E-state index in [4.69, 9.17) is 0 Å². The van der Waals surface area contributed by atoms with Crippen LogP contribution < -0.4 is 5.32 Å². The Morgan fingerprint density at radius 1 is 1.31 bits per heavy atom. The van der Waals surface area contributed by atoms with Crippen molar-refractivity contribution in [3.8, 4) is 0 Å². The van der Waals surface area contributed by atoms with Gasteiger partial charge in [-0.15, -0.1) is 0 Å². The predicted octanol–water partition coefficient (Wildman–Crippen LogP) is 2.91. The van der Waals surface area contributed by atoms with Gasteiger partial charge in [0.1, 0.15) is 0 Å². The van der Waals surface area contributed by atoms with Gasteiger partial charge in [0.2, 0.25) is 0 Å². The van der Waals surface area contributed by atoms with Crippen molar-refractivity contribution in [3.63, 3.8) is 0 Å². The van der Waals surface area contributed by atoms with Gasteiger partial charge in [-0.25, -0.2) is 0 Å². The molecule has 1 atom stereocenters. The van der Waals surface area contributed by atoms with Gasteiger partial charge >= 0.3 is 0 Å². The largest absolute Gasteiger partial charge is 0.381 e. The maximum Gasteiger partial charge on any atom is 0.0359 e. The van der Waals surface area contributed by atoms with Crippen LogP contribution >= 0.6 is 11.8 Å². The van der Waals surface area contributed by atoms with Crippen LogP contribution in [-0.4, -0.2) is 17.5 Å². The molecule has 0 aliphatic carbocycles. The van der Waals surface area contributed by atoms with Gasteiger partial charge in [0.15, 0.2) is 0 Å². The molecule has 1 saturated heterocycles. The molecule has 1 aliphatic heterocycles. The molecule has 1 heterocycles. The Balaban J connectivity index is 1.97. The lowest BCUT2D eigenvalue weighted by Crippen LogP contribution is -2.17. The molecule has 2 heteroatoms. The molecular weight excluding hydrogens is 178 g/mol. The van der Waals surface area contributed by atoms with E-state index in [1.807, 2.05) is 11.8 Å². The lowest BCUT2D eigenvalue weighted by atomic mass is 10.2. The van der Waals surface area contributed by atoms with E-state index in [0.29, 0.717) is 6.04 Å². The van der Waals surface area contributed by atoms with E-state index >= 15 is 0 Å². The SMILES string of the molecule is Cc1ccc(N[C@@H]2CCSC2)cc1. The first kappa shape index (κ1) is 8.95. The third-order valence-corrected chi connectivity index (χ3v) is 3.51. The van der Waals surface area contributed by atoms with Gasteiger partial charge in [-0.3, -0.25) is 0 Å². The third kappa shape index (κ3) is 2.41. The molecule has 1 aromatic rings. The van der Waals surface area contributed by atoms with Gasteiger partial charge in [-0.2, -0.15) is 11.8 Å². The van der Waals surface area contributed by atoms with Crippen LogP contribution in [0.15, 0.2) is 24.3 Å². The molecule has 0 radical (unpaired) electrons. The average molecular weight is 193 g/mol. The second kappa shape index (κ2) is 4.05. The predicted molar refractivity (Wildman–Crippen MR) is 60.5 cm³/mol. The Morgan fingerprint density at radius 3 is 2.69 bits per heavy atom. The summed E-state index contributed by atoms with van der Waals surface area (Å²) < 4.78 is 0. The lowest BCUT2D eigenvalue weighted by molar-refractivity contribution is 0.813. The van der Waals surface area contributed by atoms with Crippen molar-refractivity contribution >= 4 is 17.4 Å². The van der Waals surface area contributed by atoms with Crippen LogP contribution in [0, 0.1) is 6.92 Å². The fourth-order valence-electron chi connectivity index (χ4n) is 1.53. The summed E-state index contributed by atoms with van der Waals surface area (Å²) in [5.41, 5.74) is 2.59. The monoisotopic (exact) mass is 193 g/mol. The first-order chi connectivity index (χ1) is 6.34. The van der Waals surface area contributed by atoms with Crippen molar-refractivity contribution in [2.75, 3.05) is 16.8 Å². The molecule has 2 rings (SSSR count). The van der Waals surface area contributed by atoms with E-state index in [1.54, 1.807) is 0 Å². The second-order valence-corrected chi connectivity index (χ2v) is 4.72. The van der Waals surface area contributed by atoms with Crippen molar-refractivity contribution in [2.24, 2.45) is 0 Å². The first-order valence-corrected chi connectivity index (χ1v) is 5.91. The summed E-state index contributed by atoms with van der Waals surface area (Å²) in [5, 5.41) is 3.55. The van der Waals surface area contributed by atoms with Crippen LogP contribution in [0.25, 0.3) is 0 Å². The number of hydrogen-bond acceptors (Lipinski definition) is 2. The van der Waals surface area contributed by atoms with Crippen molar-refractivity contribution in [2.45, 2.75) is 19.4 Å². The van der Waals surface area contributed by atoms with E-state index < -0.39 is 0 Å². The number of nitrogens with one attached hydrogen (secondary N) is 1. The van der Waals surface area contributed by atoms with E-state index in [1.165, 1.54) is 29.2 Å². The Morgan fingerprint density at radius 2 is 2.08 bits per heavy atom.